The number of aryl methyl sites for hydroxylation is 2. The second-order valence-electron chi connectivity index (χ2n) is 44.2. The molecular weight excluding hydrogens is 1850 g/mol. The molecule has 12 aliphatic carbocycles. The van der Waals surface area contributed by atoms with E-state index in [9.17, 15) is 38.4 Å². The number of hydrogen-bond donors (Lipinski definition) is 4. The Labute approximate surface area is 849 Å². The molecule has 16 aliphatic rings. The van der Waals surface area contributed by atoms with Gasteiger partial charge in [0.15, 0.2) is 20.5 Å². The van der Waals surface area contributed by atoms with Gasteiger partial charge in [-0.1, -0.05) is 124 Å². The number of hydrogen-bond acceptors (Lipinski definition) is 20. The highest BCUT2D eigenvalue weighted by atomic mass is 35.5. The third kappa shape index (κ3) is 19.3. The van der Waals surface area contributed by atoms with Crippen LogP contribution in [0, 0.1) is 114 Å². The van der Waals surface area contributed by atoms with Crippen LogP contribution in [0.15, 0.2) is 95.2 Å². The third-order valence-electron chi connectivity index (χ3n) is 38.6. The molecule has 760 valence electrons. The second kappa shape index (κ2) is 42.3. The maximum atomic E-state index is 12.6. The van der Waals surface area contributed by atoms with Crippen LogP contribution in [-0.2, 0) is 42.9 Å². The van der Waals surface area contributed by atoms with Gasteiger partial charge in [0.2, 0.25) is 34.8 Å². The first kappa shape index (κ1) is 111. The predicted molar refractivity (Wildman–Crippen MR) is 564 cm³/mol. The summed E-state index contributed by atoms with van der Waals surface area (Å²) >= 11 is 16.0. The van der Waals surface area contributed by atoms with Gasteiger partial charge in [0.1, 0.15) is 11.4 Å². The molecule has 12 fully saturated rings. The number of halogens is 2. The Hall–Kier alpha value is -7.76. The molecular formula is C108H162Cl2N16O8S4. The number of thiazole rings is 4. The molecule has 138 heavy (non-hydrogen) atoms. The average molecular weight is 2010 g/mol. The first-order valence-electron chi connectivity index (χ1n) is 48.6. The molecule has 6 amide bonds. The quantitative estimate of drug-likeness (QED) is 0.103. The Balaban J connectivity index is 0.000000167. The van der Waals surface area contributed by atoms with E-state index in [-0.39, 0.29) is 118 Å². The molecule has 28 atom stereocenters. The molecule has 4 aliphatic heterocycles. The number of anilines is 4. The van der Waals surface area contributed by atoms with E-state index in [0.717, 1.165) is 78.4 Å². The lowest BCUT2D eigenvalue weighted by molar-refractivity contribution is -0.138. The number of rotatable bonds is 8. The van der Waals surface area contributed by atoms with Crippen LogP contribution in [0.25, 0.3) is 0 Å². The Morgan fingerprint density at radius 1 is 0.362 bits per heavy atom. The smallest absolute Gasteiger partial charge is 0.275 e. The summed E-state index contributed by atoms with van der Waals surface area (Å²) in [6.45, 7) is 22.5. The van der Waals surface area contributed by atoms with Gasteiger partial charge in [0.25, 0.3) is 11.1 Å². The number of nitrogens with one attached hydrogen (secondary N) is 2. The molecule has 30 heteroatoms. The van der Waals surface area contributed by atoms with Crippen molar-refractivity contribution in [2.75, 3.05) is 50.3 Å². The van der Waals surface area contributed by atoms with Gasteiger partial charge in [-0.05, 0) is 294 Å². The number of amides is 6. The molecule has 0 saturated heterocycles. The van der Waals surface area contributed by atoms with E-state index in [1.807, 2.05) is 79.1 Å². The molecule has 12 saturated carbocycles. The SMILES string of the molecule is C.C.C.C.C.C.CC(=O)Cl.CC(=O)Nc1nc([C@H]2CC[C@H]3C4CC[C@H]5N(C)C(=O)C=C[C@]5(C)C4CC[C@]23C)cs1.CN1C(=O)C=C[C@]2(C)C3CC[C@]4(C)[C@@H](c5csc(N)n5)CC[C@H]4C3CC[C@@H]12.CN1C(=O)C=C[C@]2(C)C3CC[C@]4(C)[C@@H](c5csc(N)n5)CC[C@H]4C3CC[C@@H]12.CN1C(=O)C=C[C@]2(C)C3CC[C@]4(C)[C@@H](c5csc(NC(=O)c6cncn6C)n5)CC[C@H]4C3CC[C@@H]12.Cn1cncc1C(=O)Cl. The van der Waals surface area contributed by atoms with Crippen LogP contribution in [0.5, 0.6) is 0 Å². The van der Waals surface area contributed by atoms with Crippen molar-refractivity contribution < 1.29 is 38.4 Å². The highest BCUT2D eigenvalue weighted by Gasteiger charge is 2.67. The maximum absolute atomic E-state index is 12.6. The third-order valence-corrected chi connectivity index (χ3v) is 41.8. The Morgan fingerprint density at radius 3 is 0.862 bits per heavy atom. The number of nitrogens with two attached hydrogens (primary N) is 2. The number of imidazole rings is 2. The minimum Gasteiger partial charge on any atom is -0.375 e. The summed E-state index contributed by atoms with van der Waals surface area (Å²) in [7, 11) is 11.5. The van der Waals surface area contributed by atoms with Crippen LogP contribution in [0.1, 0.15) is 335 Å². The number of aromatic nitrogens is 8. The topological polar surface area (TPSA) is 313 Å². The van der Waals surface area contributed by atoms with Gasteiger partial charge >= 0.3 is 0 Å². The normalized spacial score (nSPS) is 37.8. The largest absolute Gasteiger partial charge is 0.375 e. The van der Waals surface area contributed by atoms with E-state index < -0.39 is 5.24 Å². The second-order valence-corrected chi connectivity index (χ2v) is 48.6. The van der Waals surface area contributed by atoms with Gasteiger partial charge < -0.3 is 45.5 Å². The van der Waals surface area contributed by atoms with Gasteiger partial charge in [0.05, 0.1) is 47.8 Å². The summed E-state index contributed by atoms with van der Waals surface area (Å²) in [5.74, 6) is 11.1. The Bertz CT molecular complexity index is 5380. The van der Waals surface area contributed by atoms with Crippen molar-refractivity contribution in [3.05, 3.63) is 129 Å². The summed E-state index contributed by atoms with van der Waals surface area (Å²) in [6, 6.07) is 1.41. The van der Waals surface area contributed by atoms with Crippen LogP contribution in [0.2, 0.25) is 0 Å². The van der Waals surface area contributed by atoms with Crippen molar-refractivity contribution in [2.45, 2.75) is 316 Å². The maximum Gasteiger partial charge on any atom is 0.275 e. The molecule has 10 heterocycles. The molecule has 22 rings (SSSR count). The van der Waals surface area contributed by atoms with E-state index in [4.69, 9.17) is 33.0 Å². The molecule has 0 aromatic carbocycles. The molecule has 0 bridgehead atoms. The number of fused-ring (bicyclic) bond motifs is 20. The van der Waals surface area contributed by atoms with Crippen LogP contribution in [-0.4, -0.2) is 157 Å². The number of carbonyl (C=O) groups is 8. The van der Waals surface area contributed by atoms with Crippen LogP contribution in [0.3, 0.4) is 0 Å². The summed E-state index contributed by atoms with van der Waals surface area (Å²) in [6.07, 6.45) is 52.0. The van der Waals surface area contributed by atoms with Crippen molar-refractivity contribution in [1.29, 1.82) is 0 Å². The zero-order valence-corrected chi connectivity index (χ0v) is 84.7. The van der Waals surface area contributed by atoms with E-state index in [2.05, 4.69) is 143 Å². The Kier molecular flexibility index (Phi) is 33.9. The van der Waals surface area contributed by atoms with Gasteiger partial charge in [-0.3, -0.25) is 43.7 Å². The Morgan fingerprint density at radius 2 is 0.623 bits per heavy atom. The first-order chi connectivity index (χ1) is 62.6. The molecule has 6 aromatic heterocycles. The van der Waals surface area contributed by atoms with E-state index >= 15 is 0 Å². The monoisotopic (exact) mass is 2010 g/mol. The summed E-state index contributed by atoms with van der Waals surface area (Å²) in [5, 5.41) is 16.5. The van der Waals surface area contributed by atoms with Crippen molar-refractivity contribution in [3.8, 4) is 0 Å². The molecule has 0 spiro atoms. The lowest BCUT2D eigenvalue weighted by Gasteiger charge is -2.60. The summed E-state index contributed by atoms with van der Waals surface area (Å²) in [4.78, 5) is 128. The van der Waals surface area contributed by atoms with Crippen molar-refractivity contribution in [3.63, 3.8) is 0 Å². The van der Waals surface area contributed by atoms with Gasteiger partial charge in [-0.15, -0.1) is 45.3 Å². The number of nitrogen functional groups attached to an aromatic ring is 2. The van der Waals surface area contributed by atoms with Crippen LogP contribution >= 0.6 is 68.5 Å². The molecule has 0 radical (unpaired) electrons. The standard InChI is InChI=1S/C27H35N5O2S.C24H33N3O2S.2C22H31N3OS.C5H5ClN2O.C2H3ClO.6CH4/c1-26-11-9-18-16(5-8-22-27(18,2)12-10-23(33)32(22)4)17(26)6-7-19(26)20-14-35-25(29-20)30-24(34)21-13-28-15-31(21)3;1-14(28)25-22-26-19(13-30-22)18-7-6-16-15-5-8-20-24(3,12-10-21(29)27(20)4)17(15)9-11-23(16,18)2;2*1-21-10-8-15-13(4-7-18-22(15,2)11-9-19(26)25(18)3)14(21)5-6-16(21)17-12-27-20(23)24-17;1-8-3-7-2-4(8)5(6)9;1-2(3)4;;;;;;/h10,12-19,22H,5-9,11H2,1-4H3,(H,29,30,34);10,12-13,15-18,20H,5-9,11H2,1-4H3,(H,25,26,28);2*9,11-16,18H,4-8,10H2,1-3H3,(H2,23,24);2-3H,1H3;1H3;6*1H4/t16?,17-,18?,19+,22+,26-,27+;15?,16-,17?,18+,20+,23-,24+;2*13?,14-,15?,16+,18+,21-,22+;;;;;;;;/m0000......../s1. The summed E-state index contributed by atoms with van der Waals surface area (Å²) < 4.78 is 3.28. The number of nitrogens with zero attached hydrogens (tertiary/aromatic N) is 12. The van der Waals surface area contributed by atoms with Gasteiger partial charge in [0, 0.05) is 147 Å². The number of likely N-dealkylation sites (N-methyl/N-ethyl adjacent to an activating group) is 4. The minimum absolute atomic E-state index is 0. The summed E-state index contributed by atoms with van der Waals surface area (Å²) in [5.41, 5.74) is 19.3. The van der Waals surface area contributed by atoms with E-state index in [0.29, 0.717) is 121 Å². The van der Waals surface area contributed by atoms with Crippen molar-refractivity contribution in [1.82, 2.24) is 58.6 Å². The lowest BCUT2D eigenvalue weighted by atomic mass is 9.47. The highest BCUT2D eigenvalue weighted by Crippen LogP contribution is 2.73. The fraction of sp³-hybridized carbons (Fsp3) is 0.685. The first-order valence-corrected chi connectivity index (χ1v) is 52.9. The average Bonchev–Trinajstić information content (AvgIpc) is 0.983. The van der Waals surface area contributed by atoms with E-state index in [1.165, 1.54) is 177 Å². The molecule has 24 nitrogen and oxygen atoms in total. The van der Waals surface area contributed by atoms with Gasteiger partial charge in [-0.25, -0.2) is 29.9 Å². The lowest BCUT2D eigenvalue weighted by Crippen LogP contribution is -2.59. The zero-order valence-electron chi connectivity index (χ0n) is 79.9. The molecule has 6 N–H and O–H groups in total. The van der Waals surface area contributed by atoms with Gasteiger partial charge in [-0.2, -0.15) is 0 Å². The van der Waals surface area contributed by atoms with Crippen LogP contribution in [0.4, 0.5) is 20.5 Å². The minimum atomic E-state index is -0.477. The molecule has 6 aromatic rings. The van der Waals surface area contributed by atoms with Crippen molar-refractivity contribution in [2.24, 2.45) is 128 Å². The number of carbonyl (C=O) groups excluding carboxylic acids is 8. The predicted octanol–water partition coefficient (Wildman–Crippen LogP) is 24.0. The molecule has 8 unspecified atom stereocenters. The fourth-order valence-corrected chi connectivity index (χ4v) is 35.2. The highest BCUT2D eigenvalue weighted by molar-refractivity contribution is 7.14. The van der Waals surface area contributed by atoms with Crippen molar-refractivity contribution >= 4 is 135 Å². The van der Waals surface area contributed by atoms with E-state index in [1.54, 1.807) is 62.7 Å². The zero-order chi connectivity index (χ0) is 94.2. The van der Waals surface area contributed by atoms with Crippen LogP contribution < -0.4 is 22.1 Å². The fourth-order valence-electron chi connectivity index (χ4n) is 32.3.